The van der Waals surface area contributed by atoms with Crippen LogP contribution in [0.4, 0.5) is 18.0 Å². The van der Waals surface area contributed by atoms with Crippen LogP contribution in [0, 0.1) is 5.41 Å². The Morgan fingerprint density at radius 3 is 2.00 bits per heavy atom. The molecule has 9 heteroatoms. The Labute approximate surface area is 229 Å². The SMILES string of the molecule is CC(=O)N1CCC(NC(=O)N2CCN(C(c3ccccc3)c3ccc(C(F)(F)F)cc3)C[C@@H]2C(C)(C)C)CC1. The van der Waals surface area contributed by atoms with Crippen LogP contribution in [0.15, 0.2) is 54.6 Å². The molecule has 2 aliphatic heterocycles. The first-order valence-corrected chi connectivity index (χ1v) is 13.6. The van der Waals surface area contributed by atoms with E-state index in [4.69, 9.17) is 0 Å². The van der Waals surface area contributed by atoms with Crippen LogP contribution in [-0.2, 0) is 11.0 Å². The van der Waals surface area contributed by atoms with Gasteiger partial charge in [-0.3, -0.25) is 9.69 Å². The highest BCUT2D eigenvalue weighted by Crippen LogP contribution is 2.36. The molecule has 2 heterocycles. The van der Waals surface area contributed by atoms with Gasteiger partial charge in [0.2, 0.25) is 5.91 Å². The van der Waals surface area contributed by atoms with Gasteiger partial charge in [0.1, 0.15) is 0 Å². The van der Waals surface area contributed by atoms with E-state index in [1.54, 1.807) is 19.1 Å². The first-order chi connectivity index (χ1) is 18.3. The van der Waals surface area contributed by atoms with Crippen LogP contribution in [0.1, 0.15) is 63.3 Å². The highest BCUT2D eigenvalue weighted by atomic mass is 19.4. The molecule has 0 aromatic heterocycles. The van der Waals surface area contributed by atoms with Crippen molar-refractivity contribution in [3.63, 3.8) is 0 Å². The summed E-state index contributed by atoms with van der Waals surface area (Å²) in [6.07, 6.45) is -2.93. The minimum Gasteiger partial charge on any atom is -0.343 e. The van der Waals surface area contributed by atoms with Gasteiger partial charge in [0.15, 0.2) is 0 Å². The number of halogens is 3. The Kier molecular flexibility index (Phi) is 8.59. The zero-order valence-electron chi connectivity index (χ0n) is 23.2. The molecule has 212 valence electrons. The zero-order chi connectivity index (χ0) is 28.4. The number of rotatable bonds is 4. The Morgan fingerprint density at radius 1 is 0.872 bits per heavy atom. The minimum absolute atomic E-state index is 0.0240. The molecule has 0 saturated carbocycles. The van der Waals surface area contributed by atoms with Crippen molar-refractivity contribution >= 4 is 11.9 Å². The first-order valence-electron chi connectivity index (χ1n) is 13.6. The average molecular weight is 545 g/mol. The molecular formula is C30H39F3N4O2. The van der Waals surface area contributed by atoms with Gasteiger partial charge in [-0.25, -0.2) is 4.79 Å². The summed E-state index contributed by atoms with van der Waals surface area (Å²) in [6, 6.07) is 14.8. The summed E-state index contributed by atoms with van der Waals surface area (Å²) in [4.78, 5) is 31.2. The molecule has 2 aromatic rings. The van der Waals surface area contributed by atoms with Crippen molar-refractivity contribution in [2.75, 3.05) is 32.7 Å². The maximum absolute atomic E-state index is 13.5. The van der Waals surface area contributed by atoms with Gasteiger partial charge in [0.25, 0.3) is 0 Å². The van der Waals surface area contributed by atoms with E-state index in [1.807, 2.05) is 40.1 Å². The number of amides is 3. The molecule has 3 amide bonds. The number of carbonyl (C=O) groups is 2. The Hall–Kier alpha value is -3.07. The Morgan fingerprint density at radius 2 is 1.46 bits per heavy atom. The van der Waals surface area contributed by atoms with Crippen molar-refractivity contribution in [3.05, 3.63) is 71.3 Å². The van der Waals surface area contributed by atoms with Crippen molar-refractivity contribution < 1.29 is 22.8 Å². The summed E-state index contributed by atoms with van der Waals surface area (Å²) in [5, 5.41) is 3.20. The van der Waals surface area contributed by atoms with Gasteiger partial charge >= 0.3 is 12.2 Å². The molecule has 0 aliphatic carbocycles. The zero-order valence-corrected chi connectivity index (χ0v) is 23.2. The summed E-state index contributed by atoms with van der Waals surface area (Å²) >= 11 is 0. The molecule has 2 saturated heterocycles. The van der Waals surface area contributed by atoms with E-state index in [9.17, 15) is 22.8 Å². The maximum atomic E-state index is 13.5. The van der Waals surface area contributed by atoms with E-state index < -0.39 is 11.7 Å². The number of urea groups is 1. The number of alkyl halides is 3. The topological polar surface area (TPSA) is 55.9 Å². The molecule has 2 atom stereocenters. The maximum Gasteiger partial charge on any atom is 0.416 e. The van der Waals surface area contributed by atoms with Crippen molar-refractivity contribution in [3.8, 4) is 0 Å². The molecule has 39 heavy (non-hydrogen) atoms. The quantitative estimate of drug-likeness (QED) is 0.550. The lowest BCUT2D eigenvalue weighted by Crippen LogP contribution is -2.63. The Bertz CT molecular complexity index is 1120. The largest absolute Gasteiger partial charge is 0.416 e. The standard InChI is InChI=1S/C30H39F3N4O2/c1-21(38)35-16-14-25(15-17-35)34-28(39)37-19-18-36(20-26(37)29(2,3)4)27(22-8-6-5-7-9-22)23-10-12-24(13-11-23)30(31,32)33/h5-13,25-27H,14-20H2,1-4H3,(H,34,39)/t26-,27?/m1/s1. The second-order valence-electron chi connectivity index (χ2n) is 11.7. The van der Waals surface area contributed by atoms with Crippen molar-refractivity contribution in [1.82, 2.24) is 20.0 Å². The average Bonchev–Trinajstić information content (AvgIpc) is 2.89. The summed E-state index contributed by atoms with van der Waals surface area (Å²) < 4.78 is 39.8. The fourth-order valence-electron chi connectivity index (χ4n) is 5.72. The van der Waals surface area contributed by atoms with E-state index >= 15 is 0 Å². The summed E-state index contributed by atoms with van der Waals surface area (Å²) in [5.74, 6) is 0.0599. The number of likely N-dealkylation sites (tertiary alicyclic amines) is 1. The van der Waals surface area contributed by atoms with Gasteiger partial charge in [-0.05, 0) is 41.5 Å². The Balaban J connectivity index is 1.54. The van der Waals surface area contributed by atoms with Gasteiger partial charge in [-0.2, -0.15) is 13.2 Å². The van der Waals surface area contributed by atoms with Gasteiger partial charge in [0.05, 0.1) is 17.6 Å². The normalized spacial score (nSPS) is 20.5. The minimum atomic E-state index is -4.39. The summed E-state index contributed by atoms with van der Waals surface area (Å²) in [7, 11) is 0. The molecule has 2 fully saturated rings. The van der Waals surface area contributed by atoms with E-state index in [1.165, 1.54) is 0 Å². The van der Waals surface area contributed by atoms with Crippen molar-refractivity contribution in [2.24, 2.45) is 5.41 Å². The lowest BCUT2D eigenvalue weighted by Gasteiger charge is -2.49. The molecule has 0 radical (unpaired) electrons. The second kappa shape index (κ2) is 11.6. The second-order valence-corrected chi connectivity index (χ2v) is 11.7. The molecule has 6 nitrogen and oxygen atoms in total. The van der Waals surface area contributed by atoms with Gasteiger partial charge in [0, 0.05) is 45.7 Å². The van der Waals surface area contributed by atoms with Gasteiger partial charge in [-0.15, -0.1) is 0 Å². The molecule has 2 aromatic carbocycles. The van der Waals surface area contributed by atoms with Crippen LogP contribution < -0.4 is 5.32 Å². The number of piperazine rings is 1. The van der Waals surface area contributed by atoms with Crippen LogP contribution >= 0.6 is 0 Å². The van der Waals surface area contributed by atoms with Gasteiger partial charge in [-0.1, -0.05) is 63.2 Å². The molecule has 2 aliphatic rings. The fraction of sp³-hybridized carbons (Fsp3) is 0.533. The van der Waals surface area contributed by atoms with Crippen LogP contribution in [0.25, 0.3) is 0 Å². The number of nitrogens with one attached hydrogen (secondary N) is 1. The molecule has 1 unspecified atom stereocenters. The summed E-state index contributed by atoms with van der Waals surface area (Å²) in [6.45, 7) is 10.9. The first kappa shape index (κ1) is 28.9. The lowest BCUT2D eigenvalue weighted by molar-refractivity contribution is -0.137. The molecule has 0 spiro atoms. The fourth-order valence-corrected chi connectivity index (χ4v) is 5.72. The van der Waals surface area contributed by atoms with Crippen molar-refractivity contribution in [2.45, 2.75) is 64.8 Å². The van der Waals surface area contributed by atoms with E-state index in [0.29, 0.717) is 32.7 Å². The smallest absolute Gasteiger partial charge is 0.343 e. The van der Waals surface area contributed by atoms with Crippen molar-refractivity contribution in [1.29, 1.82) is 0 Å². The number of nitrogens with zero attached hydrogens (tertiary/aromatic N) is 3. The molecular weight excluding hydrogens is 505 g/mol. The monoisotopic (exact) mass is 544 g/mol. The molecule has 0 bridgehead atoms. The number of carbonyl (C=O) groups excluding carboxylic acids is 2. The third kappa shape index (κ3) is 6.93. The lowest BCUT2D eigenvalue weighted by atomic mass is 9.83. The number of piperidine rings is 1. The number of benzene rings is 2. The third-order valence-electron chi connectivity index (χ3n) is 7.97. The predicted octanol–water partition coefficient (Wildman–Crippen LogP) is 5.55. The number of hydrogen-bond acceptors (Lipinski definition) is 3. The molecule has 4 rings (SSSR count). The van der Waals surface area contributed by atoms with E-state index in [0.717, 1.165) is 36.1 Å². The highest BCUT2D eigenvalue weighted by molar-refractivity contribution is 5.75. The van der Waals surface area contributed by atoms with Gasteiger partial charge < -0.3 is 15.1 Å². The van der Waals surface area contributed by atoms with Crippen LogP contribution in [0.5, 0.6) is 0 Å². The van der Waals surface area contributed by atoms with Crippen LogP contribution in [0.3, 0.4) is 0 Å². The predicted molar refractivity (Wildman–Crippen MR) is 145 cm³/mol. The summed E-state index contributed by atoms with van der Waals surface area (Å²) in [5.41, 5.74) is 0.897. The highest BCUT2D eigenvalue weighted by Gasteiger charge is 2.41. The third-order valence-corrected chi connectivity index (χ3v) is 7.97. The number of hydrogen-bond donors (Lipinski definition) is 1. The molecule has 1 N–H and O–H groups in total. The van der Waals surface area contributed by atoms with E-state index in [-0.39, 0.29) is 35.5 Å². The van der Waals surface area contributed by atoms with Crippen LogP contribution in [0.2, 0.25) is 0 Å². The van der Waals surface area contributed by atoms with Crippen LogP contribution in [-0.4, -0.2) is 71.4 Å². The van der Waals surface area contributed by atoms with E-state index in [2.05, 4.69) is 31.0 Å².